The van der Waals surface area contributed by atoms with E-state index in [4.69, 9.17) is 0 Å². The first-order valence-electron chi connectivity index (χ1n) is 9.63. The summed E-state index contributed by atoms with van der Waals surface area (Å²) in [5, 5.41) is 3.55. The zero-order chi connectivity index (χ0) is 19.7. The van der Waals surface area contributed by atoms with Gasteiger partial charge in [0.15, 0.2) is 0 Å². The number of nitrogens with one attached hydrogen (secondary N) is 1. The number of hydrogen-bond donors (Lipinski definition) is 1. The number of nitrogens with zero attached hydrogens (tertiary/aromatic N) is 1. The number of fused-ring (bicyclic) bond motifs is 1. The maximum atomic E-state index is 13.4. The summed E-state index contributed by atoms with van der Waals surface area (Å²) in [4.78, 5) is 15.3. The van der Waals surface area contributed by atoms with Crippen LogP contribution in [0.15, 0.2) is 77.3 Å². The molecule has 1 aliphatic rings. The molecule has 0 unspecified atom stereocenters. The van der Waals surface area contributed by atoms with Crippen molar-refractivity contribution < 1.29 is 4.79 Å². The second-order valence-corrected chi connectivity index (χ2v) is 8.14. The fourth-order valence-corrected chi connectivity index (χ4v) is 3.86. The van der Waals surface area contributed by atoms with Gasteiger partial charge in [0, 0.05) is 15.8 Å². The maximum Gasteiger partial charge on any atom is 0.262 e. The van der Waals surface area contributed by atoms with Crippen LogP contribution in [0.4, 0.5) is 11.4 Å². The number of amides is 1. The molecule has 0 aromatic heterocycles. The first kappa shape index (κ1) is 18.8. The van der Waals surface area contributed by atoms with E-state index in [-0.39, 0.29) is 12.1 Å². The van der Waals surface area contributed by atoms with Gasteiger partial charge < -0.3 is 5.32 Å². The smallest absolute Gasteiger partial charge is 0.262 e. The fourth-order valence-electron chi connectivity index (χ4n) is 3.60. The highest BCUT2D eigenvalue weighted by atomic mass is 79.9. The number of carbonyl (C=O) groups is 1. The van der Waals surface area contributed by atoms with Crippen LogP contribution in [0, 0.1) is 0 Å². The van der Waals surface area contributed by atoms with Crippen molar-refractivity contribution in [3.05, 3.63) is 94.0 Å². The lowest BCUT2D eigenvalue weighted by atomic mass is 9.97. The molecule has 1 N–H and O–H groups in total. The van der Waals surface area contributed by atoms with Crippen LogP contribution in [-0.4, -0.2) is 5.91 Å². The second kappa shape index (κ2) is 7.80. The van der Waals surface area contributed by atoms with Gasteiger partial charge in [0.05, 0.1) is 5.56 Å². The Kier molecular flexibility index (Phi) is 5.23. The van der Waals surface area contributed by atoms with Crippen LogP contribution in [0.1, 0.15) is 53.8 Å². The van der Waals surface area contributed by atoms with Crippen molar-refractivity contribution in [2.45, 2.75) is 32.4 Å². The third-order valence-electron chi connectivity index (χ3n) is 5.47. The molecule has 0 saturated carbocycles. The third kappa shape index (κ3) is 3.45. The Labute approximate surface area is 174 Å². The van der Waals surface area contributed by atoms with Crippen LogP contribution in [0.5, 0.6) is 0 Å². The summed E-state index contributed by atoms with van der Waals surface area (Å²) in [5.41, 5.74) is 4.79. The third-order valence-corrected chi connectivity index (χ3v) is 5.99. The molecule has 3 nitrogen and oxygen atoms in total. The van der Waals surface area contributed by atoms with Crippen molar-refractivity contribution in [3.63, 3.8) is 0 Å². The molecule has 0 fully saturated rings. The normalized spacial score (nSPS) is 17.0. The zero-order valence-electron chi connectivity index (χ0n) is 16.0. The Morgan fingerprint density at radius 1 is 1.00 bits per heavy atom. The first-order valence-corrected chi connectivity index (χ1v) is 10.4. The summed E-state index contributed by atoms with van der Waals surface area (Å²) in [7, 11) is 0. The Morgan fingerprint density at radius 3 is 2.36 bits per heavy atom. The van der Waals surface area contributed by atoms with Crippen LogP contribution < -0.4 is 10.2 Å². The number of anilines is 2. The highest BCUT2D eigenvalue weighted by Gasteiger charge is 2.33. The summed E-state index contributed by atoms with van der Waals surface area (Å²) < 4.78 is 1.02. The average molecular weight is 435 g/mol. The number of halogens is 1. The molecule has 0 spiro atoms. The summed E-state index contributed by atoms with van der Waals surface area (Å²) in [6.07, 6.45) is 0.836. The lowest BCUT2D eigenvalue weighted by molar-refractivity contribution is 0.0975. The average Bonchev–Trinajstić information content (AvgIpc) is 2.74. The van der Waals surface area contributed by atoms with Crippen LogP contribution in [0.2, 0.25) is 0 Å². The molecule has 0 saturated heterocycles. The summed E-state index contributed by atoms with van der Waals surface area (Å²) in [5.74, 6) is 0.519. The highest BCUT2D eigenvalue weighted by molar-refractivity contribution is 9.10. The van der Waals surface area contributed by atoms with Gasteiger partial charge in [0.1, 0.15) is 6.17 Å². The molecule has 0 radical (unpaired) electrons. The standard InChI is InChI=1S/C24H23BrN2O/c1-3-16(2)17-10-14-20(15-11-17)27-23(18-8-12-19(25)13-9-18)26-22-7-5-4-6-21(22)24(27)28/h4-16,23,26H,3H2,1-2H3/t16-,23-/m1/s1. The van der Waals surface area contributed by atoms with E-state index in [1.807, 2.05) is 53.4 Å². The van der Waals surface area contributed by atoms with Gasteiger partial charge in [-0.2, -0.15) is 0 Å². The summed E-state index contributed by atoms with van der Waals surface area (Å²) in [6, 6.07) is 24.2. The van der Waals surface area contributed by atoms with Crippen molar-refractivity contribution >= 4 is 33.2 Å². The highest BCUT2D eigenvalue weighted by Crippen LogP contribution is 2.37. The van der Waals surface area contributed by atoms with Crippen molar-refractivity contribution in [2.75, 3.05) is 10.2 Å². The Bertz CT molecular complexity index is 982. The minimum atomic E-state index is -0.259. The SMILES string of the molecule is CC[C@@H](C)c1ccc(N2C(=O)c3ccccc3N[C@H]2c2ccc(Br)cc2)cc1. The molecule has 1 heterocycles. The fraction of sp³-hybridized carbons (Fsp3) is 0.208. The second-order valence-electron chi connectivity index (χ2n) is 7.22. The Morgan fingerprint density at radius 2 is 1.68 bits per heavy atom. The minimum Gasteiger partial charge on any atom is -0.360 e. The number of benzene rings is 3. The Hall–Kier alpha value is -2.59. The van der Waals surface area contributed by atoms with E-state index in [0.717, 1.165) is 27.8 Å². The number of hydrogen-bond acceptors (Lipinski definition) is 2. The van der Waals surface area contributed by atoms with Crippen LogP contribution in [-0.2, 0) is 0 Å². The van der Waals surface area contributed by atoms with Gasteiger partial charge in [0.25, 0.3) is 5.91 Å². The van der Waals surface area contributed by atoms with Crippen LogP contribution >= 0.6 is 15.9 Å². The molecule has 0 bridgehead atoms. The molecule has 1 aliphatic heterocycles. The van der Waals surface area contributed by atoms with Gasteiger partial charge in [-0.25, -0.2) is 0 Å². The lowest BCUT2D eigenvalue weighted by Crippen LogP contribution is -2.43. The van der Waals surface area contributed by atoms with Crippen LogP contribution in [0.25, 0.3) is 0 Å². The van der Waals surface area contributed by atoms with E-state index < -0.39 is 0 Å². The predicted molar refractivity (Wildman–Crippen MR) is 119 cm³/mol. The minimum absolute atomic E-state index is 0.0126. The molecule has 4 heteroatoms. The first-order chi connectivity index (χ1) is 13.6. The van der Waals surface area contributed by atoms with E-state index in [0.29, 0.717) is 11.5 Å². The van der Waals surface area contributed by atoms with Gasteiger partial charge in [-0.1, -0.05) is 66.2 Å². The molecule has 142 valence electrons. The molecular weight excluding hydrogens is 412 g/mol. The van der Waals surface area contributed by atoms with Crippen molar-refractivity contribution in [1.29, 1.82) is 0 Å². The summed E-state index contributed by atoms with van der Waals surface area (Å²) >= 11 is 3.49. The van der Waals surface area contributed by atoms with Gasteiger partial charge in [0.2, 0.25) is 0 Å². The lowest BCUT2D eigenvalue weighted by Gasteiger charge is -2.38. The van der Waals surface area contributed by atoms with Gasteiger partial charge in [-0.05, 0) is 59.9 Å². The molecule has 3 aromatic carbocycles. The number of rotatable bonds is 4. The zero-order valence-corrected chi connectivity index (χ0v) is 17.6. The van der Waals surface area contributed by atoms with Gasteiger partial charge >= 0.3 is 0 Å². The van der Waals surface area contributed by atoms with Crippen molar-refractivity contribution in [3.8, 4) is 0 Å². The largest absolute Gasteiger partial charge is 0.360 e. The van der Waals surface area contributed by atoms with E-state index >= 15 is 0 Å². The topological polar surface area (TPSA) is 32.3 Å². The number of carbonyl (C=O) groups excluding carboxylic acids is 1. The molecule has 28 heavy (non-hydrogen) atoms. The van der Waals surface area contributed by atoms with Gasteiger partial charge in [-0.15, -0.1) is 0 Å². The molecular formula is C24H23BrN2O. The molecule has 1 amide bonds. The van der Waals surface area contributed by atoms with E-state index in [2.05, 4.69) is 59.4 Å². The molecule has 3 aromatic rings. The van der Waals surface area contributed by atoms with E-state index in [1.165, 1.54) is 5.56 Å². The Balaban J connectivity index is 1.78. The van der Waals surface area contributed by atoms with Crippen LogP contribution in [0.3, 0.4) is 0 Å². The molecule has 0 aliphatic carbocycles. The van der Waals surface area contributed by atoms with E-state index in [1.54, 1.807) is 0 Å². The van der Waals surface area contributed by atoms with Crippen molar-refractivity contribution in [2.24, 2.45) is 0 Å². The number of para-hydroxylation sites is 1. The van der Waals surface area contributed by atoms with E-state index in [9.17, 15) is 4.79 Å². The molecule has 2 atom stereocenters. The quantitative estimate of drug-likeness (QED) is 0.493. The van der Waals surface area contributed by atoms with Crippen molar-refractivity contribution in [1.82, 2.24) is 0 Å². The maximum absolute atomic E-state index is 13.4. The molecule has 4 rings (SSSR count). The van der Waals surface area contributed by atoms with Gasteiger partial charge in [-0.3, -0.25) is 9.69 Å². The summed E-state index contributed by atoms with van der Waals surface area (Å²) in [6.45, 7) is 4.42. The monoisotopic (exact) mass is 434 g/mol. The predicted octanol–water partition coefficient (Wildman–Crippen LogP) is 6.73.